The van der Waals surface area contributed by atoms with E-state index in [1.54, 1.807) is 0 Å². The molecule has 0 aliphatic heterocycles. The Balaban J connectivity index is 3.39. The molecule has 0 unspecified atom stereocenters. The van der Waals surface area contributed by atoms with Crippen molar-refractivity contribution in [3.8, 4) is 0 Å². The van der Waals surface area contributed by atoms with Gasteiger partial charge < -0.3 is 0 Å². The summed E-state index contributed by atoms with van der Waals surface area (Å²) in [5.74, 6) is -1.05. The molecule has 0 saturated heterocycles. The zero-order valence-corrected chi connectivity index (χ0v) is 10.0. The standard InChI is InChI=1S/C8H5ClF3NO4S/c9-18(16,17)4-5-1-2-6(13(14)15)3-7(5)8(10,11)12/h1-3H,4H2. The average Bonchev–Trinajstić information content (AvgIpc) is 2.13. The molecule has 18 heavy (non-hydrogen) atoms. The molecule has 0 N–H and O–H groups in total. The summed E-state index contributed by atoms with van der Waals surface area (Å²) < 4.78 is 59.3. The van der Waals surface area contributed by atoms with Crippen molar-refractivity contribution in [3.63, 3.8) is 0 Å². The summed E-state index contributed by atoms with van der Waals surface area (Å²) in [5.41, 5.74) is -2.80. The smallest absolute Gasteiger partial charge is 0.258 e. The van der Waals surface area contributed by atoms with Gasteiger partial charge in [0, 0.05) is 22.8 Å². The van der Waals surface area contributed by atoms with Gasteiger partial charge in [-0.3, -0.25) is 10.1 Å². The molecule has 5 nitrogen and oxygen atoms in total. The third kappa shape index (κ3) is 3.84. The summed E-state index contributed by atoms with van der Waals surface area (Å²) in [6.07, 6.45) is -4.90. The van der Waals surface area contributed by atoms with E-state index >= 15 is 0 Å². The van der Waals surface area contributed by atoms with Gasteiger partial charge in [0.1, 0.15) is 0 Å². The van der Waals surface area contributed by atoms with Crippen molar-refractivity contribution >= 4 is 25.4 Å². The van der Waals surface area contributed by atoms with Crippen LogP contribution in [-0.2, 0) is 21.0 Å². The first-order valence-electron chi connectivity index (χ1n) is 4.27. The third-order valence-electron chi connectivity index (χ3n) is 1.94. The Hall–Kier alpha value is -1.35. The molecule has 0 fully saturated rings. The second-order valence-electron chi connectivity index (χ2n) is 3.28. The Kier molecular flexibility index (Phi) is 3.86. The van der Waals surface area contributed by atoms with Gasteiger partial charge >= 0.3 is 6.18 Å². The first-order valence-corrected chi connectivity index (χ1v) is 6.75. The normalized spacial score (nSPS) is 12.4. The minimum atomic E-state index is -4.90. The lowest BCUT2D eigenvalue weighted by Crippen LogP contribution is -2.11. The highest BCUT2D eigenvalue weighted by molar-refractivity contribution is 8.13. The van der Waals surface area contributed by atoms with Gasteiger partial charge in [-0.15, -0.1) is 0 Å². The van der Waals surface area contributed by atoms with E-state index in [9.17, 15) is 31.7 Å². The molecule has 1 rings (SSSR count). The van der Waals surface area contributed by atoms with Gasteiger partial charge in [-0.1, -0.05) is 6.07 Å². The van der Waals surface area contributed by atoms with Crippen LogP contribution in [0.15, 0.2) is 18.2 Å². The average molecular weight is 304 g/mol. The summed E-state index contributed by atoms with van der Waals surface area (Å²) in [5, 5.41) is 10.4. The van der Waals surface area contributed by atoms with Crippen LogP contribution in [-0.4, -0.2) is 13.3 Å². The van der Waals surface area contributed by atoms with Gasteiger partial charge in [-0.05, 0) is 5.56 Å². The molecule has 10 heteroatoms. The summed E-state index contributed by atoms with van der Waals surface area (Å²) >= 11 is 0. The lowest BCUT2D eigenvalue weighted by molar-refractivity contribution is -0.385. The van der Waals surface area contributed by atoms with Crippen LogP contribution < -0.4 is 0 Å². The SMILES string of the molecule is O=[N+]([O-])c1ccc(CS(=O)(=O)Cl)c(C(F)(F)F)c1. The number of rotatable bonds is 3. The topological polar surface area (TPSA) is 77.3 Å². The number of nitrogens with zero attached hydrogens (tertiary/aromatic N) is 1. The lowest BCUT2D eigenvalue weighted by Gasteiger charge is -2.11. The first kappa shape index (κ1) is 14.7. The fourth-order valence-electron chi connectivity index (χ4n) is 1.25. The van der Waals surface area contributed by atoms with Crippen molar-refractivity contribution in [2.24, 2.45) is 0 Å². The molecule has 0 radical (unpaired) electrons. The van der Waals surface area contributed by atoms with Crippen LogP contribution in [0.1, 0.15) is 11.1 Å². The molecule has 100 valence electrons. The van der Waals surface area contributed by atoms with E-state index in [0.717, 1.165) is 12.1 Å². The van der Waals surface area contributed by atoms with E-state index in [1.165, 1.54) is 0 Å². The predicted octanol–water partition coefficient (Wildman–Crippen LogP) is 2.68. The second kappa shape index (κ2) is 4.73. The van der Waals surface area contributed by atoms with E-state index in [2.05, 4.69) is 0 Å². The molecule has 1 aromatic rings. The summed E-state index contributed by atoms with van der Waals surface area (Å²) in [4.78, 5) is 9.36. The van der Waals surface area contributed by atoms with E-state index in [-0.39, 0.29) is 6.07 Å². The van der Waals surface area contributed by atoms with Crippen LogP contribution in [0.5, 0.6) is 0 Å². The number of nitro groups is 1. The van der Waals surface area contributed by atoms with Crippen molar-refractivity contribution in [3.05, 3.63) is 39.4 Å². The Labute approximate surface area is 104 Å². The molecule has 0 atom stereocenters. The number of benzene rings is 1. The van der Waals surface area contributed by atoms with E-state index < -0.39 is 42.7 Å². The minimum absolute atomic E-state index is 0.275. The number of halogens is 4. The molecule has 0 aliphatic rings. The fraction of sp³-hybridized carbons (Fsp3) is 0.250. The maximum absolute atomic E-state index is 12.6. The third-order valence-corrected chi connectivity index (χ3v) is 2.92. The van der Waals surface area contributed by atoms with Crippen LogP contribution in [0, 0.1) is 10.1 Å². The van der Waals surface area contributed by atoms with Crippen molar-refractivity contribution in [1.29, 1.82) is 0 Å². The highest BCUT2D eigenvalue weighted by Gasteiger charge is 2.35. The van der Waals surface area contributed by atoms with Gasteiger partial charge in [0.25, 0.3) is 5.69 Å². The molecule has 1 aromatic carbocycles. The van der Waals surface area contributed by atoms with Crippen LogP contribution in [0.3, 0.4) is 0 Å². The highest BCUT2D eigenvalue weighted by Crippen LogP contribution is 2.35. The van der Waals surface area contributed by atoms with Crippen LogP contribution in [0.4, 0.5) is 18.9 Å². The van der Waals surface area contributed by atoms with Gasteiger partial charge in [0.2, 0.25) is 9.05 Å². The zero-order valence-electron chi connectivity index (χ0n) is 8.44. The van der Waals surface area contributed by atoms with Gasteiger partial charge in [-0.2, -0.15) is 13.2 Å². The van der Waals surface area contributed by atoms with Gasteiger partial charge in [0.15, 0.2) is 0 Å². The molecular formula is C8H5ClF3NO4S. The molecule has 0 bridgehead atoms. The number of alkyl halides is 3. The Bertz CT molecular complexity index is 584. The summed E-state index contributed by atoms with van der Waals surface area (Å²) in [6, 6.07) is 1.78. The maximum Gasteiger partial charge on any atom is 0.416 e. The van der Waals surface area contributed by atoms with Crippen LogP contribution in [0.2, 0.25) is 0 Å². The van der Waals surface area contributed by atoms with Crippen molar-refractivity contribution in [2.45, 2.75) is 11.9 Å². The van der Waals surface area contributed by atoms with E-state index in [1.807, 2.05) is 0 Å². The largest absolute Gasteiger partial charge is 0.416 e. The Morgan fingerprint density at radius 3 is 2.28 bits per heavy atom. The molecule has 0 amide bonds. The maximum atomic E-state index is 12.6. The molecule has 0 heterocycles. The molecular weight excluding hydrogens is 299 g/mol. The monoisotopic (exact) mass is 303 g/mol. The predicted molar refractivity (Wildman–Crippen MR) is 56.6 cm³/mol. The molecule has 0 spiro atoms. The van der Waals surface area contributed by atoms with E-state index in [0.29, 0.717) is 0 Å². The molecule has 0 aromatic heterocycles. The number of nitro benzene ring substituents is 1. The summed E-state index contributed by atoms with van der Waals surface area (Å²) in [6.45, 7) is 0. The van der Waals surface area contributed by atoms with E-state index in [4.69, 9.17) is 10.7 Å². The van der Waals surface area contributed by atoms with Crippen molar-refractivity contribution in [1.82, 2.24) is 0 Å². The molecule has 0 saturated carbocycles. The van der Waals surface area contributed by atoms with Crippen LogP contribution in [0.25, 0.3) is 0 Å². The minimum Gasteiger partial charge on any atom is -0.258 e. The summed E-state index contributed by atoms with van der Waals surface area (Å²) in [7, 11) is 0.672. The number of hydrogen-bond donors (Lipinski definition) is 0. The Morgan fingerprint density at radius 2 is 1.89 bits per heavy atom. The number of hydrogen-bond acceptors (Lipinski definition) is 4. The first-order chi connectivity index (χ1) is 8.00. The quantitative estimate of drug-likeness (QED) is 0.488. The lowest BCUT2D eigenvalue weighted by atomic mass is 10.1. The van der Waals surface area contributed by atoms with Crippen LogP contribution >= 0.6 is 10.7 Å². The Morgan fingerprint density at radius 1 is 1.33 bits per heavy atom. The second-order valence-corrected chi connectivity index (χ2v) is 6.06. The zero-order chi connectivity index (χ0) is 14.1. The highest BCUT2D eigenvalue weighted by atomic mass is 35.7. The van der Waals surface area contributed by atoms with Gasteiger partial charge in [0.05, 0.1) is 16.2 Å². The number of non-ortho nitro benzene ring substituents is 1. The fourth-order valence-corrected chi connectivity index (χ4v) is 2.23. The molecule has 0 aliphatic carbocycles. The van der Waals surface area contributed by atoms with Crippen molar-refractivity contribution in [2.75, 3.05) is 0 Å². The van der Waals surface area contributed by atoms with Crippen molar-refractivity contribution < 1.29 is 26.5 Å². The van der Waals surface area contributed by atoms with Gasteiger partial charge in [-0.25, -0.2) is 8.42 Å².